The minimum absolute atomic E-state index is 0.0399. The Labute approximate surface area is 115 Å². The SMILES string of the molecule is O=C1NC2(CC2)C(=O)N[C@@H]1Cc1c[nH]c2ccccc12. The number of amides is 2. The molecule has 4 rings (SSSR count). The molecule has 5 heteroatoms. The summed E-state index contributed by atoms with van der Waals surface area (Å²) in [5.74, 6) is -0.116. The molecule has 3 N–H and O–H groups in total. The first-order valence-electron chi connectivity index (χ1n) is 6.86. The van der Waals surface area contributed by atoms with E-state index in [0.29, 0.717) is 6.42 Å². The van der Waals surface area contributed by atoms with Gasteiger partial charge in [-0.25, -0.2) is 0 Å². The number of aromatic nitrogens is 1. The number of nitrogens with one attached hydrogen (secondary N) is 3. The number of carbonyl (C=O) groups excluding carboxylic acids is 2. The normalized spacial score (nSPS) is 23.7. The molecule has 102 valence electrons. The van der Waals surface area contributed by atoms with Crippen LogP contribution in [0.2, 0.25) is 0 Å². The van der Waals surface area contributed by atoms with Crippen molar-refractivity contribution in [2.45, 2.75) is 30.8 Å². The molecule has 1 saturated heterocycles. The van der Waals surface area contributed by atoms with Crippen LogP contribution in [0.5, 0.6) is 0 Å². The molecule has 0 bridgehead atoms. The Hall–Kier alpha value is -2.30. The summed E-state index contributed by atoms with van der Waals surface area (Å²) in [5, 5.41) is 6.82. The fraction of sp³-hybridized carbons (Fsp3) is 0.333. The number of H-pyrrole nitrogens is 1. The van der Waals surface area contributed by atoms with Crippen LogP contribution in [0.4, 0.5) is 0 Å². The van der Waals surface area contributed by atoms with E-state index < -0.39 is 11.6 Å². The van der Waals surface area contributed by atoms with E-state index in [1.165, 1.54) is 0 Å². The van der Waals surface area contributed by atoms with Crippen LogP contribution in [0.3, 0.4) is 0 Å². The van der Waals surface area contributed by atoms with Crippen LogP contribution in [0.15, 0.2) is 30.5 Å². The van der Waals surface area contributed by atoms with E-state index in [0.717, 1.165) is 29.3 Å². The smallest absolute Gasteiger partial charge is 0.246 e. The maximum Gasteiger partial charge on any atom is 0.246 e. The van der Waals surface area contributed by atoms with Crippen LogP contribution in [-0.2, 0) is 16.0 Å². The first-order chi connectivity index (χ1) is 9.68. The molecule has 5 nitrogen and oxygen atoms in total. The third kappa shape index (κ3) is 1.62. The Kier molecular flexibility index (Phi) is 2.22. The quantitative estimate of drug-likeness (QED) is 0.756. The van der Waals surface area contributed by atoms with Gasteiger partial charge in [-0.15, -0.1) is 0 Å². The molecule has 1 atom stereocenters. The van der Waals surface area contributed by atoms with Crippen LogP contribution in [-0.4, -0.2) is 28.4 Å². The zero-order valence-corrected chi connectivity index (χ0v) is 10.9. The summed E-state index contributed by atoms with van der Waals surface area (Å²) >= 11 is 0. The molecule has 1 saturated carbocycles. The van der Waals surface area contributed by atoms with Crippen molar-refractivity contribution in [2.24, 2.45) is 0 Å². The van der Waals surface area contributed by atoms with E-state index >= 15 is 0 Å². The molecular formula is C15H15N3O2. The van der Waals surface area contributed by atoms with E-state index in [9.17, 15) is 9.59 Å². The zero-order chi connectivity index (χ0) is 13.7. The second-order valence-corrected chi connectivity index (χ2v) is 5.66. The largest absolute Gasteiger partial charge is 0.361 e. The average Bonchev–Trinajstić information content (AvgIpc) is 3.10. The van der Waals surface area contributed by atoms with Gasteiger partial charge < -0.3 is 15.6 Å². The summed E-state index contributed by atoms with van der Waals surface area (Å²) in [6, 6.07) is 7.48. The van der Waals surface area contributed by atoms with Gasteiger partial charge in [0.1, 0.15) is 11.6 Å². The third-order valence-electron chi connectivity index (χ3n) is 4.27. The Balaban J connectivity index is 1.60. The number of rotatable bonds is 2. The van der Waals surface area contributed by atoms with E-state index in [-0.39, 0.29) is 11.8 Å². The molecule has 2 fully saturated rings. The number of carbonyl (C=O) groups is 2. The molecule has 2 heterocycles. The van der Waals surface area contributed by atoms with Crippen LogP contribution in [0, 0.1) is 0 Å². The highest BCUT2D eigenvalue weighted by Crippen LogP contribution is 2.37. The van der Waals surface area contributed by atoms with E-state index in [1.807, 2.05) is 30.5 Å². The number of para-hydroxylation sites is 1. The highest BCUT2D eigenvalue weighted by molar-refractivity contribution is 6.02. The first kappa shape index (κ1) is 11.5. The fourth-order valence-corrected chi connectivity index (χ4v) is 2.88. The van der Waals surface area contributed by atoms with Gasteiger partial charge in [0.25, 0.3) is 0 Å². The van der Waals surface area contributed by atoms with Crippen molar-refractivity contribution in [1.82, 2.24) is 15.6 Å². The van der Waals surface area contributed by atoms with Crippen molar-refractivity contribution < 1.29 is 9.59 Å². The molecule has 1 aromatic carbocycles. The summed E-state index contributed by atoms with van der Waals surface area (Å²) in [6.07, 6.45) is 3.93. The Morgan fingerprint density at radius 2 is 2.00 bits per heavy atom. The van der Waals surface area contributed by atoms with Gasteiger partial charge in [-0.3, -0.25) is 9.59 Å². The van der Waals surface area contributed by atoms with Crippen LogP contribution in [0.25, 0.3) is 10.9 Å². The van der Waals surface area contributed by atoms with Crippen LogP contribution < -0.4 is 10.6 Å². The van der Waals surface area contributed by atoms with Crippen molar-refractivity contribution in [1.29, 1.82) is 0 Å². The topological polar surface area (TPSA) is 74.0 Å². The van der Waals surface area contributed by atoms with E-state index in [1.54, 1.807) is 0 Å². The summed E-state index contributed by atoms with van der Waals surface area (Å²) in [5.41, 5.74) is 1.50. The molecule has 20 heavy (non-hydrogen) atoms. The first-order valence-corrected chi connectivity index (χ1v) is 6.86. The van der Waals surface area contributed by atoms with Crippen molar-refractivity contribution in [2.75, 3.05) is 0 Å². The van der Waals surface area contributed by atoms with Crippen molar-refractivity contribution in [3.8, 4) is 0 Å². The summed E-state index contributed by atoms with van der Waals surface area (Å²) in [7, 11) is 0. The van der Waals surface area contributed by atoms with Gasteiger partial charge in [0.05, 0.1) is 0 Å². The molecule has 0 radical (unpaired) electrons. The van der Waals surface area contributed by atoms with Gasteiger partial charge in [0, 0.05) is 23.5 Å². The molecule has 1 aliphatic heterocycles. The van der Waals surface area contributed by atoms with Gasteiger partial charge in [0.15, 0.2) is 0 Å². The standard InChI is InChI=1S/C15H15N3O2/c19-13-12(17-14(20)15(18-13)5-6-15)7-9-8-16-11-4-2-1-3-10(9)11/h1-4,8,12,16H,5-7H2,(H,17,20)(H,18,19)/t12-/m1/s1. The summed E-state index contributed by atoms with van der Waals surface area (Å²) in [6.45, 7) is 0. The summed E-state index contributed by atoms with van der Waals surface area (Å²) < 4.78 is 0. The number of hydrogen-bond donors (Lipinski definition) is 3. The van der Waals surface area contributed by atoms with Gasteiger partial charge >= 0.3 is 0 Å². The molecule has 2 aromatic rings. The lowest BCUT2D eigenvalue weighted by molar-refractivity contribution is -0.137. The summed E-state index contributed by atoms with van der Waals surface area (Å²) in [4.78, 5) is 27.3. The van der Waals surface area contributed by atoms with Crippen molar-refractivity contribution in [3.63, 3.8) is 0 Å². The monoisotopic (exact) mass is 269 g/mol. The average molecular weight is 269 g/mol. The highest BCUT2D eigenvalue weighted by Gasteiger charge is 2.55. The fourth-order valence-electron chi connectivity index (χ4n) is 2.88. The van der Waals surface area contributed by atoms with Crippen molar-refractivity contribution in [3.05, 3.63) is 36.0 Å². The lowest BCUT2D eigenvalue weighted by Crippen LogP contribution is -2.63. The predicted molar refractivity (Wildman–Crippen MR) is 74.0 cm³/mol. The van der Waals surface area contributed by atoms with Gasteiger partial charge in [0.2, 0.25) is 11.8 Å². The van der Waals surface area contributed by atoms with Gasteiger partial charge in [-0.2, -0.15) is 0 Å². The maximum absolute atomic E-state index is 12.1. The second kappa shape index (κ2) is 3.85. The molecule has 2 aliphatic rings. The number of fused-ring (bicyclic) bond motifs is 1. The second-order valence-electron chi connectivity index (χ2n) is 5.66. The third-order valence-corrected chi connectivity index (χ3v) is 4.27. The maximum atomic E-state index is 12.1. The Morgan fingerprint density at radius 3 is 2.80 bits per heavy atom. The van der Waals surface area contributed by atoms with Gasteiger partial charge in [-0.1, -0.05) is 18.2 Å². The number of aromatic amines is 1. The predicted octanol–water partition coefficient (Wildman–Crippen LogP) is 0.858. The Bertz CT molecular complexity index is 715. The molecule has 1 spiro atoms. The number of benzene rings is 1. The van der Waals surface area contributed by atoms with E-state index in [4.69, 9.17) is 0 Å². The molecule has 0 unspecified atom stereocenters. The number of piperazine rings is 1. The Morgan fingerprint density at radius 1 is 1.20 bits per heavy atom. The lowest BCUT2D eigenvalue weighted by Gasteiger charge is -2.29. The zero-order valence-electron chi connectivity index (χ0n) is 10.9. The van der Waals surface area contributed by atoms with Crippen molar-refractivity contribution >= 4 is 22.7 Å². The minimum Gasteiger partial charge on any atom is -0.361 e. The molecule has 2 amide bonds. The molecular weight excluding hydrogens is 254 g/mol. The molecule has 1 aliphatic carbocycles. The molecule has 1 aromatic heterocycles. The highest BCUT2D eigenvalue weighted by atomic mass is 16.2. The lowest BCUT2D eigenvalue weighted by atomic mass is 10.0. The van der Waals surface area contributed by atoms with Crippen LogP contribution >= 0.6 is 0 Å². The van der Waals surface area contributed by atoms with Crippen LogP contribution in [0.1, 0.15) is 18.4 Å². The number of hydrogen-bond acceptors (Lipinski definition) is 2. The van der Waals surface area contributed by atoms with Gasteiger partial charge in [-0.05, 0) is 24.5 Å². The minimum atomic E-state index is -0.589. The van der Waals surface area contributed by atoms with E-state index in [2.05, 4.69) is 15.6 Å².